The lowest BCUT2D eigenvalue weighted by molar-refractivity contribution is -0.142. The maximum atomic E-state index is 13.9. The number of hydrogen-bond acceptors (Lipinski definition) is 1. The highest BCUT2D eigenvalue weighted by Crippen LogP contribution is 2.45. The van der Waals surface area contributed by atoms with Crippen molar-refractivity contribution in [3.8, 4) is 0 Å². The van der Waals surface area contributed by atoms with Crippen molar-refractivity contribution in [2.45, 2.75) is 63.5 Å². The Hall–Kier alpha value is -1.17. The van der Waals surface area contributed by atoms with Crippen LogP contribution in [-0.4, -0.2) is 13.7 Å². The molecule has 2 aliphatic carbocycles. The third kappa shape index (κ3) is 4.82. The molecule has 0 heterocycles. The summed E-state index contributed by atoms with van der Waals surface area (Å²) in [6.45, 7) is 0.824. The minimum atomic E-state index is -5.01. The highest BCUT2D eigenvalue weighted by atomic mass is 19.4. The van der Waals surface area contributed by atoms with E-state index in [4.69, 9.17) is 4.74 Å². The molecule has 1 aromatic rings. The molecule has 0 aromatic heterocycles. The third-order valence-corrected chi connectivity index (χ3v) is 6.55. The molecule has 0 aliphatic heterocycles. The van der Waals surface area contributed by atoms with Crippen molar-refractivity contribution >= 4 is 0 Å². The number of benzene rings is 1. The van der Waals surface area contributed by atoms with Gasteiger partial charge in [-0.05, 0) is 92.7 Å². The Morgan fingerprint density at radius 3 is 1.78 bits per heavy atom. The summed E-state index contributed by atoms with van der Waals surface area (Å²) in [5.41, 5.74) is -1.42. The van der Waals surface area contributed by atoms with Crippen LogP contribution in [0.2, 0.25) is 0 Å². The highest BCUT2D eigenvalue weighted by Gasteiger charge is 2.39. The predicted molar refractivity (Wildman–Crippen MR) is 93.4 cm³/mol. The van der Waals surface area contributed by atoms with E-state index < -0.39 is 23.4 Å². The smallest absolute Gasteiger partial charge is 0.384 e. The van der Waals surface area contributed by atoms with Crippen LogP contribution in [0.25, 0.3) is 0 Å². The second-order valence-electron chi connectivity index (χ2n) is 8.21. The molecule has 0 N–H and O–H groups in total. The lowest BCUT2D eigenvalue weighted by atomic mass is 9.68. The van der Waals surface area contributed by atoms with Crippen molar-refractivity contribution in [1.29, 1.82) is 0 Å². The molecule has 6 heteroatoms. The molecule has 3 rings (SSSR count). The van der Waals surface area contributed by atoms with Crippen LogP contribution in [0.15, 0.2) is 12.1 Å². The van der Waals surface area contributed by atoms with Crippen LogP contribution in [0, 0.1) is 29.4 Å². The van der Waals surface area contributed by atoms with Gasteiger partial charge in [0.15, 0.2) is 0 Å². The van der Waals surface area contributed by atoms with E-state index in [2.05, 4.69) is 0 Å². The summed E-state index contributed by atoms with van der Waals surface area (Å²) in [7, 11) is 1.74. The minimum absolute atomic E-state index is 0.0580. The van der Waals surface area contributed by atoms with Gasteiger partial charge in [0.25, 0.3) is 0 Å². The van der Waals surface area contributed by atoms with Gasteiger partial charge >= 0.3 is 6.18 Å². The van der Waals surface area contributed by atoms with Gasteiger partial charge in [-0.3, -0.25) is 0 Å². The van der Waals surface area contributed by atoms with Crippen molar-refractivity contribution < 1.29 is 26.7 Å². The van der Waals surface area contributed by atoms with E-state index in [1.807, 2.05) is 0 Å². The number of halogens is 5. The van der Waals surface area contributed by atoms with E-state index in [1.165, 1.54) is 25.7 Å². The van der Waals surface area contributed by atoms with Crippen molar-refractivity contribution in [2.75, 3.05) is 13.7 Å². The molecule has 0 radical (unpaired) electrons. The van der Waals surface area contributed by atoms with E-state index >= 15 is 0 Å². The van der Waals surface area contributed by atoms with E-state index in [0.29, 0.717) is 23.3 Å². The molecule has 1 aromatic carbocycles. The summed E-state index contributed by atoms with van der Waals surface area (Å²) in [5, 5.41) is 0. The summed E-state index contributed by atoms with van der Waals surface area (Å²) in [6.07, 6.45) is 3.30. The molecule has 0 unspecified atom stereocenters. The molecular formula is C21H27F5O. The Labute approximate surface area is 157 Å². The van der Waals surface area contributed by atoms with Crippen LogP contribution in [0.4, 0.5) is 22.0 Å². The number of alkyl halides is 3. The first-order valence-corrected chi connectivity index (χ1v) is 9.84. The van der Waals surface area contributed by atoms with Crippen molar-refractivity contribution in [2.24, 2.45) is 17.8 Å². The summed E-state index contributed by atoms with van der Waals surface area (Å²) < 4.78 is 71.1. The van der Waals surface area contributed by atoms with Gasteiger partial charge in [0.05, 0.1) is 0 Å². The predicted octanol–water partition coefficient (Wildman–Crippen LogP) is 6.71. The average molecular weight is 390 g/mol. The first-order chi connectivity index (χ1) is 12.8. The number of methoxy groups -OCH3 is 1. The Kier molecular flexibility index (Phi) is 6.44. The molecule has 0 spiro atoms. The first kappa shape index (κ1) is 20.6. The number of hydrogen-bond donors (Lipinski definition) is 0. The minimum Gasteiger partial charge on any atom is -0.384 e. The van der Waals surface area contributed by atoms with Crippen molar-refractivity contribution in [3.05, 3.63) is 34.9 Å². The van der Waals surface area contributed by atoms with Crippen molar-refractivity contribution in [3.63, 3.8) is 0 Å². The normalized spacial score (nSPS) is 29.7. The monoisotopic (exact) mass is 390 g/mol. The summed E-state index contributed by atoms with van der Waals surface area (Å²) in [4.78, 5) is 0. The fraction of sp³-hybridized carbons (Fsp3) is 0.714. The van der Waals surface area contributed by atoms with E-state index in [-0.39, 0.29) is 5.92 Å². The zero-order chi connectivity index (χ0) is 19.6. The molecule has 0 saturated heterocycles. The van der Waals surface area contributed by atoms with Gasteiger partial charge in [-0.15, -0.1) is 0 Å². The topological polar surface area (TPSA) is 9.23 Å². The van der Waals surface area contributed by atoms with E-state index in [9.17, 15) is 22.0 Å². The zero-order valence-electron chi connectivity index (χ0n) is 15.6. The Balaban J connectivity index is 1.58. The van der Waals surface area contributed by atoms with Gasteiger partial charge in [0.1, 0.15) is 17.2 Å². The van der Waals surface area contributed by atoms with Crippen LogP contribution >= 0.6 is 0 Å². The lowest BCUT2D eigenvalue weighted by Gasteiger charge is -2.38. The largest absolute Gasteiger partial charge is 0.422 e. The van der Waals surface area contributed by atoms with Crippen LogP contribution < -0.4 is 0 Å². The quantitative estimate of drug-likeness (QED) is 0.519. The fourth-order valence-corrected chi connectivity index (χ4v) is 5.09. The second kappa shape index (κ2) is 8.46. The van der Waals surface area contributed by atoms with Crippen LogP contribution in [0.1, 0.15) is 68.4 Å². The summed E-state index contributed by atoms with van der Waals surface area (Å²) >= 11 is 0. The average Bonchev–Trinajstić information content (AvgIpc) is 2.61. The Morgan fingerprint density at radius 2 is 1.33 bits per heavy atom. The van der Waals surface area contributed by atoms with Gasteiger partial charge in [-0.25, -0.2) is 8.78 Å². The number of ether oxygens (including phenoxy) is 1. The lowest BCUT2D eigenvalue weighted by Crippen LogP contribution is -2.26. The third-order valence-electron chi connectivity index (χ3n) is 6.55. The summed E-state index contributed by atoms with van der Waals surface area (Å²) in [5.74, 6) is -1.10. The molecule has 0 bridgehead atoms. The molecule has 0 atom stereocenters. The molecule has 1 nitrogen and oxygen atoms in total. The van der Waals surface area contributed by atoms with Gasteiger partial charge in [-0.1, -0.05) is 0 Å². The fourth-order valence-electron chi connectivity index (χ4n) is 5.09. The Bertz CT molecular complexity index is 603. The zero-order valence-corrected chi connectivity index (χ0v) is 15.6. The standard InChI is InChI=1S/C21H27F5O/c1-27-12-13-2-4-14(5-3-13)15-6-8-16(9-7-15)17-10-18(22)20(19(23)11-17)21(24,25)26/h10-11,13-16H,2-9,12H2,1H3/t13-,14-,15-,16-. The van der Waals surface area contributed by atoms with Gasteiger partial charge in [-0.2, -0.15) is 13.2 Å². The van der Waals surface area contributed by atoms with Gasteiger partial charge in [0.2, 0.25) is 0 Å². The van der Waals surface area contributed by atoms with Crippen molar-refractivity contribution in [1.82, 2.24) is 0 Å². The number of rotatable bonds is 4. The van der Waals surface area contributed by atoms with E-state index in [0.717, 1.165) is 44.4 Å². The SMILES string of the molecule is COC[C@H]1CC[C@H]([C@H]2CC[C@H](c3cc(F)c(C(F)(F)F)c(F)c3)CC2)CC1. The van der Waals surface area contributed by atoms with Gasteiger partial charge in [0, 0.05) is 13.7 Å². The second-order valence-corrected chi connectivity index (χ2v) is 8.21. The molecular weight excluding hydrogens is 363 g/mol. The molecule has 2 saturated carbocycles. The molecule has 2 aliphatic rings. The molecule has 2 fully saturated rings. The first-order valence-electron chi connectivity index (χ1n) is 9.84. The highest BCUT2D eigenvalue weighted by molar-refractivity contribution is 5.30. The van der Waals surface area contributed by atoms with E-state index in [1.54, 1.807) is 7.11 Å². The van der Waals surface area contributed by atoms with Gasteiger partial charge < -0.3 is 4.74 Å². The van der Waals surface area contributed by atoms with Crippen LogP contribution in [-0.2, 0) is 10.9 Å². The molecule has 152 valence electrons. The maximum absolute atomic E-state index is 13.9. The van der Waals surface area contributed by atoms with Crippen LogP contribution in [0.5, 0.6) is 0 Å². The maximum Gasteiger partial charge on any atom is 0.422 e. The molecule has 0 amide bonds. The summed E-state index contributed by atoms with van der Waals surface area (Å²) in [6, 6.07) is 1.76. The Morgan fingerprint density at radius 1 is 0.852 bits per heavy atom. The molecule has 27 heavy (non-hydrogen) atoms. The van der Waals surface area contributed by atoms with Crippen LogP contribution in [0.3, 0.4) is 0 Å².